The van der Waals surface area contributed by atoms with Gasteiger partial charge in [-0.15, -0.1) is 0 Å². The van der Waals surface area contributed by atoms with Crippen molar-refractivity contribution in [2.45, 2.75) is 31.2 Å². The monoisotopic (exact) mass is 246 g/mol. The highest BCUT2D eigenvalue weighted by molar-refractivity contribution is 5.72. The quantitative estimate of drug-likeness (QED) is 0.882. The van der Waals surface area contributed by atoms with E-state index in [1.165, 1.54) is 19.3 Å². The molecule has 2 heterocycles. The minimum absolute atomic E-state index is 0.0943. The Morgan fingerprint density at radius 2 is 2.22 bits per heavy atom. The minimum Gasteiger partial charge on any atom is -0.481 e. The van der Waals surface area contributed by atoms with E-state index in [0.29, 0.717) is 12.6 Å². The van der Waals surface area contributed by atoms with E-state index in [1.807, 2.05) is 18.3 Å². The lowest BCUT2D eigenvalue weighted by molar-refractivity contribution is -0.141. The number of carboxylic acid groups (broad SMARTS) is 1. The van der Waals surface area contributed by atoms with Gasteiger partial charge in [0.05, 0.1) is 5.92 Å². The number of pyridine rings is 1. The van der Waals surface area contributed by atoms with E-state index in [0.717, 1.165) is 12.1 Å². The van der Waals surface area contributed by atoms with Gasteiger partial charge in [0, 0.05) is 37.4 Å². The maximum absolute atomic E-state index is 11.4. The van der Waals surface area contributed by atoms with Crippen LogP contribution in [0.5, 0.6) is 0 Å². The largest absolute Gasteiger partial charge is 0.481 e. The summed E-state index contributed by atoms with van der Waals surface area (Å²) in [6, 6.07) is 4.51. The van der Waals surface area contributed by atoms with E-state index in [2.05, 4.69) is 9.88 Å². The third kappa shape index (κ3) is 2.01. The van der Waals surface area contributed by atoms with E-state index in [1.54, 1.807) is 6.20 Å². The van der Waals surface area contributed by atoms with Crippen LogP contribution < -0.4 is 0 Å². The number of aromatic nitrogens is 1. The Hall–Kier alpha value is -1.42. The van der Waals surface area contributed by atoms with Crippen LogP contribution in [0.3, 0.4) is 0 Å². The lowest BCUT2D eigenvalue weighted by atomic mass is 9.90. The molecule has 1 aromatic rings. The second-order valence-corrected chi connectivity index (χ2v) is 5.38. The number of rotatable bonds is 3. The highest BCUT2D eigenvalue weighted by Crippen LogP contribution is 2.37. The Bertz CT molecular complexity index is 431. The highest BCUT2D eigenvalue weighted by Gasteiger charge is 2.42. The van der Waals surface area contributed by atoms with Crippen LogP contribution in [-0.4, -0.2) is 40.1 Å². The van der Waals surface area contributed by atoms with Crippen molar-refractivity contribution in [3.63, 3.8) is 0 Å². The van der Waals surface area contributed by atoms with Gasteiger partial charge < -0.3 is 5.11 Å². The Kier molecular flexibility index (Phi) is 3.04. The molecule has 4 nitrogen and oxygen atoms in total. The van der Waals surface area contributed by atoms with Crippen LogP contribution in [0.4, 0.5) is 0 Å². The first-order valence-corrected chi connectivity index (χ1v) is 6.62. The smallest absolute Gasteiger partial charge is 0.308 e. The molecule has 1 aliphatic heterocycles. The summed E-state index contributed by atoms with van der Waals surface area (Å²) in [6.07, 6.45) is 7.29. The molecule has 96 valence electrons. The SMILES string of the molecule is O=C(O)[C@@H]1CN(C2CCC2)C[C@H]1c1cccnc1. The van der Waals surface area contributed by atoms with Crippen molar-refractivity contribution in [3.05, 3.63) is 30.1 Å². The lowest BCUT2D eigenvalue weighted by Crippen LogP contribution is -2.38. The van der Waals surface area contributed by atoms with Crippen molar-refractivity contribution in [2.24, 2.45) is 5.92 Å². The Morgan fingerprint density at radius 1 is 1.39 bits per heavy atom. The van der Waals surface area contributed by atoms with Crippen molar-refractivity contribution in [1.29, 1.82) is 0 Å². The molecule has 0 bridgehead atoms. The van der Waals surface area contributed by atoms with Gasteiger partial charge >= 0.3 is 5.97 Å². The van der Waals surface area contributed by atoms with E-state index >= 15 is 0 Å². The molecule has 1 saturated carbocycles. The predicted molar refractivity (Wildman–Crippen MR) is 67.3 cm³/mol. The molecule has 1 aromatic heterocycles. The molecule has 2 atom stereocenters. The first kappa shape index (κ1) is 11.7. The van der Waals surface area contributed by atoms with Crippen LogP contribution in [0.25, 0.3) is 0 Å². The molecule has 1 N–H and O–H groups in total. The average molecular weight is 246 g/mol. The van der Waals surface area contributed by atoms with Gasteiger partial charge in [-0.1, -0.05) is 12.5 Å². The molecule has 1 saturated heterocycles. The summed E-state index contributed by atoms with van der Waals surface area (Å²) in [6.45, 7) is 1.56. The molecule has 1 aliphatic carbocycles. The number of aliphatic carboxylic acids is 1. The van der Waals surface area contributed by atoms with E-state index in [4.69, 9.17) is 0 Å². The summed E-state index contributed by atoms with van der Waals surface area (Å²) in [5.74, 6) is -0.864. The maximum atomic E-state index is 11.4. The normalized spacial score (nSPS) is 29.1. The van der Waals surface area contributed by atoms with Crippen molar-refractivity contribution in [1.82, 2.24) is 9.88 Å². The Balaban J connectivity index is 1.80. The van der Waals surface area contributed by atoms with Gasteiger partial charge in [0.2, 0.25) is 0 Å². The fraction of sp³-hybridized carbons (Fsp3) is 0.571. The average Bonchev–Trinajstić information content (AvgIpc) is 2.73. The highest BCUT2D eigenvalue weighted by atomic mass is 16.4. The molecule has 0 spiro atoms. The number of carbonyl (C=O) groups is 1. The molecule has 0 radical (unpaired) electrons. The van der Waals surface area contributed by atoms with Gasteiger partial charge in [-0.05, 0) is 24.5 Å². The molecule has 2 fully saturated rings. The van der Waals surface area contributed by atoms with Crippen LogP contribution in [-0.2, 0) is 4.79 Å². The molecule has 18 heavy (non-hydrogen) atoms. The zero-order chi connectivity index (χ0) is 12.5. The van der Waals surface area contributed by atoms with Crippen molar-refractivity contribution in [3.8, 4) is 0 Å². The topological polar surface area (TPSA) is 53.4 Å². The van der Waals surface area contributed by atoms with Gasteiger partial charge in [0.15, 0.2) is 0 Å². The first-order chi connectivity index (χ1) is 8.75. The molecular weight excluding hydrogens is 228 g/mol. The molecule has 0 amide bonds. The molecular formula is C14H18N2O2. The third-order valence-corrected chi connectivity index (χ3v) is 4.37. The summed E-state index contributed by atoms with van der Waals surface area (Å²) < 4.78 is 0. The zero-order valence-electron chi connectivity index (χ0n) is 10.3. The number of hydrogen-bond donors (Lipinski definition) is 1. The minimum atomic E-state index is -0.675. The fourth-order valence-electron chi connectivity index (χ4n) is 3.07. The standard InChI is InChI=1S/C14H18N2O2/c17-14(18)13-9-16(11-4-1-5-11)8-12(13)10-3-2-6-15-7-10/h2-3,6-7,11-13H,1,4-5,8-9H2,(H,17,18)/t12-,13+/m0/s1. The van der Waals surface area contributed by atoms with Crippen LogP contribution in [0.2, 0.25) is 0 Å². The summed E-state index contributed by atoms with van der Waals surface area (Å²) in [7, 11) is 0. The van der Waals surface area contributed by atoms with Gasteiger partial charge in [-0.2, -0.15) is 0 Å². The van der Waals surface area contributed by atoms with E-state index in [9.17, 15) is 9.90 Å². The van der Waals surface area contributed by atoms with Crippen LogP contribution >= 0.6 is 0 Å². The second kappa shape index (κ2) is 4.69. The number of nitrogens with zero attached hydrogens (tertiary/aromatic N) is 2. The lowest BCUT2D eigenvalue weighted by Gasteiger charge is -2.34. The van der Waals surface area contributed by atoms with E-state index < -0.39 is 5.97 Å². The van der Waals surface area contributed by atoms with Gasteiger partial charge in [0.25, 0.3) is 0 Å². The van der Waals surface area contributed by atoms with Crippen molar-refractivity contribution >= 4 is 5.97 Å². The maximum Gasteiger partial charge on any atom is 0.308 e. The number of carboxylic acids is 1. The molecule has 4 heteroatoms. The predicted octanol–water partition coefficient (Wildman–Crippen LogP) is 1.73. The van der Waals surface area contributed by atoms with Gasteiger partial charge in [-0.3, -0.25) is 14.7 Å². The third-order valence-electron chi connectivity index (χ3n) is 4.37. The van der Waals surface area contributed by atoms with Crippen molar-refractivity contribution in [2.75, 3.05) is 13.1 Å². The van der Waals surface area contributed by atoms with E-state index in [-0.39, 0.29) is 11.8 Å². The molecule has 0 aromatic carbocycles. The Labute approximate surface area is 107 Å². The fourth-order valence-corrected chi connectivity index (χ4v) is 3.07. The summed E-state index contributed by atoms with van der Waals surface area (Å²) >= 11 is 0. The summed E-state index contributed by atoms with van der Waals surface area (Å²) in [4.78, 5) is 17.9. The Morgan fingerprint density at radius 3 is 2.78 bits per heavy atom. The first-order valence-electron chi connectivity index (χ1n) is 6.62. The number of likely N-dealkylation sites (tertiary alicyclic amines) is 1. The second-order valence-electron chi connectivity index (χ2n) is 5.38. The molecule has 0 unspecified atom stereocenters. The van der Waals surface area contributed by atoms with Crippen LogP contribution in [0.1, 0.15) is 30.7 Å². The van der Waals surface area contributed by atoms with Crippen molar-refractivity contribution < 1.29 is 9.90 Å². The van der Waals surface area contributed by atoms with Crippen LogP contribution in [0.15, 0.2) is 24.5 Å². The van der Waals surface area contributed by atoms with Crippen LogP contribution in [0, 0.1) is 5.92 Å². The van der Waals surface area contributed by atoms with Gasteiger partial charge in [0.1, 0.15) is 0 Å². The summed E-state index contributed by atoms with van der Waals surface area (Å²) in [5.41, 5.74) is 1.06. The number of hydrogen-bond acceptors (Lipinski definition) is 3. The summed E-state index contributed by atoms with van der Waals surface area (Å²) in [5, 5.41) is 9.39. The van der Waals surface area contributed by atoms with Gasteiger partial charge in [-0.25, -0.2) is 0 Å². The molecule has 2 aliphatic rings. The molecule has 3 rings (SSSR count). The zero-order valence-corrected chi connectivity index (χ0v) is 10.3.